The Morgan fingerprint density at radius 2 is 1.86 bits per heavy atom. The van der Waals surface area contributed by atoms with Crippen molar-refractivity contribution in [2.75, 3.05) is 6.54 Å². The van der Waals surface area contributed by atoms with Crippen molar-refractivity contribution in [2.24, 2.45) is 10.7 Å². The highest BCUT2D eigenvalue weighted by molar-refractivity contribution is 5.78. The van der Waals surface area contributed by atoms with Crippen LogP contribution in [0.15, 0.2) is 4.99 Å². The van der Waals surface area contributed by atoms with Crippen molar-refractivity contribution >= 4 is 5.96 Å². The van der Waals surface area contributed by atoms with Crippen LogP contribution < -0.4 is 5.73 Å². The average Bonchev–Trinajstić information content (AvgIpc) is 2.01. The van der Waals surface area contributed by atoms with E-state index in [-0.39, 0.29) is 5.54 Å². The lowest BCUT2D eigenvalue weighted by Crippen LogP contribution is -2.44. The molecular formula is C11H25N3. The molecule has 0 fully saturated rings. The molecule has 2 N–H and O–H groups in total. The van der Waals surface area contributed by atoms with Crippen LogP contribution in [0.4, 0.5) is 0 Å². The van der Waals surface area contributed by atoms with Crippen LogP contribution in [-0.2, 0) is 0 Å². The molecule has 84 valence electrons. The van der Waals surface area contributed by atoms with Gasteiger partial charge in [0.15, 0.2) is 5.96 Å². The van der Waals surface area contributed by atoms with E-state index in [9.17, 15) is 0 Å². The van der Waals surface area contributed by atoms with Gasteiger partial charge in [0.2, 0.25) is 0 Å². The lowest BCUT2D eigenvalue weighted by molar-refractivity contribution is 0.328. The number of nitrogens with two attached hydrogens (primary N) is 1. The Bertz CT molecular complexity index is 191. The maximum absolute atomic E-state index is 5.97. The molecule has 3 nitrogen and oxygen atoms in total. The molecule has 0 aromatic heterocycles. The summed E-state index contributed by atoms with van der Waals surface area (Å²) in [6.07, 6.45) is 1.09. The molecule has 0 saturated carbocycles. The van der Waals surface area contributed by atoms with Gasteiger partial charge < -0.3 is 10.6 Å². The zero-order chi connectivity index (χ0) is 11.4. The lowest BCUT2D eigenvalue weighted by Gasteiger charge is -2.29. The van der Waals surface area contributed by atoms with Crippen molar-refractivity contribution in [3.8, 4) is 0 Å². The standard InChI is InChI=1S/C11H25N3/c1-7-9(3)14(8-2)10(12)13-11(4,5)6/h9H,7-8H2,1-6H3,(H2,12,13). The third kappa shape index (κ3) is 4.49. The third-order valence-corrected chi connectivity index (χ3v) is 2.21. The fourth-order valence-electron chi connectivity index (χ4n) is 1.33. The summed E-state index contributed by atoms with van der Waals surface area (Å²) >= 11 is 0. The first-order chi connectivity index (χ1) is 6.31. The molecule has 14 heavy (non-hydrogen) atoms. The first kappa shape index (κ1) is 13.3. The molecular weight excluding hydrogens is 174 g/mol. The monoisotopic (exact) mass is 199 g/mol. The molecule has 1 unspecified atom stereocenters. The maximum atomic E-state index is 5.97. The molecule has 0 heterocycles. The largest absolute Gasteiger partial charge is 0.370 e. The molecule has 0 amide bonds. The van der Waals surface area contributed by atoms with Gasteiger partial charge in [0.05, 0.1) is 5.54 Å². The first-order valence-corrected chi connectivity index (χ1v) is 5.43. The van der Waals surface area contributed by atoms with Crippen LogP contribution in [0.25, 0.3) is 0 Å². The molecule has 0 saturated heterocycles. The van der Waals surface area contributed by atoms with Crippen LogP contribution in [-0.4, -0.2) is 29.0 Å². The van der Waals surface area contributed by atoms with Crippen molar-refractivity contribution in [2.45, 2.75) is 59.5 Å². The van der Waals surface area contributed by atoms with Crippen molar-refractivity contribution in [3.63, 3.8) is 0 Å². The summed E-state index contributed by atoms with van der Waals surface area (Å²) in [5.41, 5.74) is 5.87. The summed E-state index contributed by atoms with van der Waals surface area (Å²) in [6, 6.07) is 0.464. The van der Waals surface area contributed by atoms with E-state index in [0.717, 1.165) is 13.0 Å². The summed E-state index contributed by atoms with van der Waals surface area (Å²) in [6.45, 7) is 13.5. The summed E-state index contributed by atoms with van der Waals surface area (Å²) < 4.78 is 0. The highest BCUT2D eigenvalue weighted by atomic mass is 15.3. The smallest absolute Gasteiger partial charge is 0.192 e. The molecule has 0 spiro atoms. The van der Waals surface area contributed by atoms with Crippen molar-refractivity contribution < 1.29 is 0 Å². The van der Waals surface area contributed by atoms with Crippen LogP contribution in [0.1, 0.15) is 48.0 Å². The Morgan fingerprint density at radius 3 is 2.14 bits per heavy atom. The molecule has 1 atom stereocenters. The molecule has 0 rings (SSSR count). The number of guanidine groups is 1. The van der Waals surface area contributed by atoms with Gasteiger partial charge in [-0.1, -0.05) is 6.92 Å². The number of rotatable bonds is 3. The lowest BCUT2D eigenvalue weighted by atomic mass is 10.1. The minimum Gasteiger partial charge on any atom is -0.370 e. The third-order valence-electron chi connectivity index (χ3n) is 2.21. The second-order valence-electron chi connectivity index (χ2n) is 4.68. The van der Waals surface area contributed by atoms with E-state index < -0.39 is 0 Å². The summed E-state index contributed by atoms with van der Waals surface area (Å²) in [5.74, 6) is 0.661. The van der Waals surface area contributed by atoms with Gasteiger partial charge in [0.25, 0.3) is 0 Å². The SMILES string of the molecule is CCC(C)N(CC)C(N)=NC(C)(C)C. The Labute approximate surface area is 88.4 Å². The number of aliphatic imine (C=N–C) groups is 1. The van der Waals surface area contributed by atoms with Gasteiger partial charge in [-0.25, -0.2) is 4.99 Å². The summed E-state index contributed by atoms with van der Waals surface area (Å²) in [5, 5.41) is 0. The molecule has 0 radical (unpaired) electrons. The van der Waals surface area contributed by atoms with Gasteiger partial charge in [-0.15, -0.1) is 0 Å². The molecule has 0 aliphatic rings. The van der Waals surface area contributed by atoms with E-state index >= 15 is 0 Å². The van der Waals surface area contributed by atoms with E-state index in [1.54, 1.807) is 0 Å². The molecule has 0 aliphatic carbocycles. The van der Waals surface area contributed by atoms with Gasteiger partial charge in [0, 0.05) is 12.6 Å². The van der Waals surface area contributed by atoms with Crippen molar-refractivity contribution in [1.82, 2.24) is 4.90 Å². The normalized spacial score (nSPS) is 15.4. The molecule has 0 aromatic rings. The minimum atomic E-state index is -0.0923. The second-order valence-corrected chi connectivity index (χ2v) is 4.68. The van der Waals surface area contributed by atoms with Crippen molar-refractivity contribution in [3.05, 3.63) is 0 Å². The summed E-state index contributed by atoms with van der Waals surface area (Å²) in [7, 11) is 0. The molecule has 0 aromatic carbocycles. The predicted molar refractivity (Wildman–Crippen MR) is 63.5 cm³/mol. The van der Waals surface area contributed by atoms with Gasteiger partial charge in [-0.3, -0.25) is 0 Å². The topological polar surface area (TPSA) is 41.6 Å². The minimum absolute atomic E-state index is 0.0923. The van der Waals surface area contributed by atoms with Crippen LogP contribution in [0, 0.1) is 0 Å². The number of hydrogen-bond acceptors (Lipinski definition) is 1. The summed E-state index contributed by atoms with van der Waals surface area (Å²) in [4.78, 5) is 6.61. The quantitative estimate of drug-likeness (QED) is 0.559. The Morgan fingerprint density at radius 1 is 1.36 bits per heavy atom. The zero-order valence-corrected chi connectivity index (χ0v) is 10.5. The van der Waals surface area contributed by atoms with Crippen LogP contribution in [0.3, 0.4) is 0 Å². The molecule has 0 aliphatic heterocycles. The van der Waals surface area contributed by atoms with Crippen LogP contribution in [0.5, 0.6) is 0 Å². The Balaban J connectivity index is 4.61. The maximum Gasteiger partial charge on any atom is 0.192 e. The van der Waals surface area contributed by atoms with Gasteiger partial charge in [0.1, 0.15) is 0 Å². The Hall–Kier alpha value is -0.730. The van der Waals surface area contributed by atoms with E-state index in [0.29, 0.717) is 12.0 Å². The molecule has 0 bridgehead atoms. The van der Waals surface area contributed by atoms with Crippen LogP contribution >= 0.6 is 0 Å². The number of hydrogen-bond donors (Lipinski definition) is 1. The average molecular weight is 199 g/mol. The van der Waals surface area contributed by atoms with E-state index in [2.05, 4.69) is 51.4 Å². The van der Waals surface area contributed by atoms with Gasteiger partial charge in [-0.05, 0) is 41.0 Å². The second kappa shape index (κ2) is 5.23. The predicted octanol–water partition coefficient (Wildman–Crippen LogP) is 2.22. The van der Waals surface area contributed by atoms with Gasteiger partial charge in [-0.2, -0.15) is 0 Å². The van der Waals surface area contributed by atoms with Crippen molar-refractivity contribution in [1.29, 1.82) is 0 Å². The van der Waals surface area contributed by atoms with Crippen LogP contribution in [0.2, 0.25) is 0 Å². The van der Waals surface area contributed by atoms with Gasteiger partial charge >= 0.3 is 0 Å². The first-order valence-electron chi connectivity index (χ1n) is 5.43. The molecule has 3 heteroatoms. The van der Waals surface area contributed by atoms with E-state index in [4.69, 9.17) is 5.73 Å². The zero-order valence-electron chi connectivity index (χ0n) is 10.5. The fraction of sp³-hybridized carbons (Fsp3) is 0.909. The van der Waals surface area contributed by atoms with E-state index in [1.807, 2.05) is 0 Å². The highest BCUT2D eigenvalue weighted by Gasteiger charge is 2.15. The van der Waals surface area contributed by atoms with E-state index in [1.165, 1.54) is 0 Å². The Kier molecular flexibility index (Phi) is 4.95. The number of nitrogens with zero attached hydrogens (tertiary/aromatic N) is 2. The highest BCUT2D eigenvalue weighted by Crippen LogP contribution is 2.09. The fourth-order valence-corrected chi connectivity index (χ4v) is 1.33.